The molecule has 0 saturated heterocycles. The van der Waals surface area contributed by atoms with Crippen LogP contribution in [0.3, 0.4) is 0 Å². The lowest BCUT2D eigenvalue weighted by atomic mass is 10.0. The molecule has 6 nitrogen and oxygen atoms in total. The average molecular weight is 355 g/mol. The third kappa shape index (κ3) is 3.74. The number of rotatable bonds is 6. The number of benzene rings is 1. The molecule has 0 aliphatic rings. The van der Waals surface area contributed by atoms with Crippen LogP contribution in [0.15, 0.2) is 36.7 Å². The average Bonchev–Trinajstić information content (AvgIpc) is 2.53. The Labute approximate surface area is 138 Å². The first-order valence-corrected chi connectivity index (χ1v) is 8.77. The molecule has 0 aliphatic heterocycles. The predicted molar refractivity (Wildman–Crippen MR) is 84.9 cm³/mol. The van der Waals surface area contributed by atoms with Gasteiger partial charge in [0.25, 0.3) is 0 Å². The first kappa shape index (κ1) is 18.0. The van der Waals surface area contributed by atoms with Gasteiger partial charge in [-0.05, 0) is 31.2 Å². The van der Waals surface area contributed by atoms with E-state index in [4.69, 9.17) is 0 Å². The molecule has 128 valence electrons. The van der Waals surface area contributed by atoms with Crippen molar-refractivity contribution >= 4 is 21.5 Å². The van der Waals surface area contributed by atoms with E-state index in [2.05, 4.69) is 10.4 Å². The highest BCUT2D eigenvalue weighted by atomic mass is 32.2. The van der Waals surface area contributed by atoms with Crippen molar-refractivity contribution in [1.29, 1.82) is 0 Å². The summed E-state index contributed by atoms with van der Waals surface area (Å²) < 4.78 is 52.5. The fraction of sp³-hybridized carbons (Fsp3) is 0.200. The van der Waals surface area contributed by atoms with Gasteiger partial charge >= 0.3 is 0 Å². The number of hydrazine groups is 1. The lowest BCUT2D eigenvalue weighted by Crippen LogP contribution is -2.35. The number of nitrogens with one attached hydrogen (secondary N) is 1. The normalized spacial score (nSPS) is 11.5. The van der Waals surface area contributed by atoms with Crippen molar-refractivity contribution in [3.05, 3.63) is 59.4 Å². The first-order valence-electron chi connectivity index (χ1n) is 6.92. The SMILES string of the molecule is CCN(Nc1ccc(F)c(C(=O)c2cccnc2)c1F)S(C)(=O)=O. The number of aromatic nitrogens is 1. The van der Waals surface area contributed by atoms with Gasteiger partial charge in [-0.2, -0.15) is 0 Å². The monoisotopic (exact) mass is 355 g/mol. The molecular weight excluding hydrogens is 340 g/mol. The van der Waals surface area contributed by atoms with Crippen LogP contribution in [-0.4, -0.2) is 36.4 Å². The van der Waals surface area contributed by atoms with E-state index < -0.39 is 33.0 Å². The van der Waals surface area contributed by atoms with E-state index in [1.807, 2.05) is 0 Å². The summed E-state index contributed by atoms with van der Waals surface area (Å²) >= 11 is 0. The summed E-state index contributed by atoms with van der Waals surface area (Å²) in [4.78, 5) is 16.1. The topological polar surface area (TPSA) is 79.4 Å². The second-order valence-electron chi connectivity index (χ2n) is 4.89. The summed E-state index contributed by atoms with van der Waals surface area (Å²) in [5.41, 5.74) is 1.26. The fourth-order valence-electron chi connectivity index (χ4n) is 2.02. The Hall–Kier alpha value is -2.39. The molecule has 0 radical (unpaired) electrons. The Morgan fingerprint density at radius 1 is 1.29 bits per heavy atom. The van der Waals surface area contributed by atoms with Crippen LogP contribution < -0.4 is 5.43 Å². The van der Waals surface area contributed by atoms with Crippen LogP contribution in [0, 0.1) is 11.6 Å². The number of sulfonamides is 1. The molecule has 2 aromatic rings. The zero-order valence-corrected chi connectivity index (χ0v) is 13.8. The molecule has 9 heteroatoms. The minimum atomic E-state index is -3.66. The highest BCUT2D eigenvalue weighted by Gasteiger charge is 2.24. The largest absolute Gasteiger partial charge is 0.303 e. The van der Waals surface area contributed by atoms with Crippen LogP contribution in [0.25, 0.3) is 0 Å². The third-order valence-corrected chi connectivity index (χ3v) is 4.32. The molecule has 0 atom stereocenters. The van der Waals surface area contributed by atoms with Crippen LogP contribution in [-0.2, 0) is 10.0 Å². The second-order valence-corrected chi connectivity index (χ2v) is 6.80. The predicted octanol–water partition coefficient (Wildman–Crippen LogP) is 2.20. The third-order valence-electron chi connectivity index (χ3n) is 3.17. The molecule has 0 unspecified atom stereocenters. The molecule has 0 spiro atoms. The number of pyridine rings is 1. The Kier molecular flexibility index (Phi) is 5.25. The Bertz CT molecular complexity index is 858. The van der Waals surface area contributed by atoms with E-state index in [0.29, 0.717) is 0 Å². The zero-order chi connectivity index (χ0) is 17.9. The van der Waals surface area contributed by atoms with E-state index in [9.17, 15) is 22.0 Å². The summed E-state index contributed by atoms with van der Waals surface area (Å²) in [5, 5.41) is 0. The maximum absolute atomic E-state index is 14.6. The van der Waals surface area contributed by atoms with Crippen LogP contribution in [0.5, 0.6) is 0 Å². The van der Waals surface area contributed by atoms with Crippen LogP contribution in [0.4, 0.5) is 14.5 Å². The first-order chi connectivity index (χ1) is 11.3. The lowest BCUT2D eigenvalue weighted by molar-refractivity contribution is 0.103. The van der Waals surface area contributed by atoms with Gasteiger partial charge in [-0.3, -0.25) is 9.78 Å². The minimum absolute atomic E-state index is 0.0154. The molecule has 1 N–H and O–H groups in total. The van der Waals surface area contributed by atoms with Crippen molar-refractivity contribution in [2.24, 2.45) is 0 Å². The number of hydrogen-bond acceptors (Lipinski definition) is 5. The van der Waals surface area contributed by atoms with Crippen LogP contribution >= 0.6 is 0 Å². The highest BCUT2D eigenvalue weighted by Crippen LogP contribution is 2.24. The molecule has 1 aromatic carbocycles. The van der Waals surface area contributed by atoms with Gasteiger partial charge in [0.05, 0.1) is 17.5 Å². The summed E-state index contributed by atoms with van der Waals surface area (Å²) in [6, 6.07) is 4.76. The maximum Gasteiger partial charge on any atom is 0.227 e. The van der Waals surface area contributed by atoms with Gasteiger partial charge in [0, 0.05) is 24.5 Å². The lowest BCUT2D eigenvalue weighted by Gasteiger charge is -2.21. The second kappa shape index (κ2) is 7.02. The van der Waals surface area contributed by atoms with E-state index >= 15 is 0 Å². The quantitative estimate of drug-likeness (QED) is 0.635. The number of hydrogen-bond donors (Lipinski definition) is 1. The van der Waals surface area contributed by atoms with Crippen molar-refractivity contribution in [2.75, 3.05) is 18.2 Å². The van der Waals surface area contributed by atoms with Gasteiger partial charge < -0.3 is 5.43 Å². The zero-order valence-electron chi connectivity index (χ0n) is 13.0. The number of nitrogens with zero attached hydrogens (tertiary/aromatic N) is 2. The number of carbonyl (C=O) groups excluding carboxylic acids is 1. The molecule has 0 fully saturated rings. The van der Waals surface area contributed by atoms with Gasteiger partial charge in [0.15, 0.2) is 5.82 Å². The molecule has 0 amide bonds. The van der Waals surface area contributed by atoms with Crippen molar-refractivity contribution < 1.29 is 22.0 Å². The Morgan fingerprint density at radius 2 is 2.00 bits per heavy atom. The molecule has 2 rings (SSSR count). The molecular formula is C15H15F2N3O3S. The Balaban J connectivity index is 2.46. The van der Waals surface area contributed by atoms with Gasteiger partial charge in [0.2, 0.25) is 15.8 Å². The minimum Gasteiger partial charge on any atom is -0.303 e. The molecule has 0 saturated carbocycles. The van der Waals surface area contributed by atoms with Gasteiger partial charge in [0.1, 0.15) is 5.82 Å². The molecule has 1 heterocycles. The van der Waals surface area contributed by atoms with E-state index in [0.717, 1.165) is 22.8 Å². The fourth-order valence-corrected chi connectivity index (χ4v) is 2.75. The van der Waals surface area contributed by atoms with Gasteiger partial charge in [-0.15, -0.1) is 4.41 Å². The van der Waals surface area contributed by atoms with E-state index in [1.54, 1.807) is 0 Å². The summed E-state index contributed by atoms with van der Waals surface area (Å²) in [7, 11) is -3.66. The van der Waals surface area contributed by atoms with Crippen molar-refractivity contribution in [1.82, 2.24) is 9.40 Å². The van der Waals surface area contributed by atoms with E-state index in [1.165, 1.54) is 31.5 Å². The molecule has 1 aromatic heterocycles. The smallest absolute Gasteiger partial charge is 0.227 e. The number of ketones is 1. The summed E-state index contributed by atoms with van der Waals surface area (Å²) in [6.45, 7) is 1.55. The number of carbonyl (C=O) groups is 1. The molecule has 0 bridgehead atoms. The molecule has 0 aliphatic carbocycles. The standard InChI is InChI=1S/C15H15F2N3O3S/c1-3-20(24(2,22)23)19-12-7-6-11(16)13(14(12)17)15(21)10-5-4-8-18-9-10/h4-9,19H,3H2,1-2H3. The van der Waals surface area contributed by atoms with Crippen LogP contribution in [0.1, 0.15) is 22.8 Å². The van der Waals surface area contributed by atoms with Crippen molar-refractivity contribution in [2.45, 2.75) is 6.92 Å². The van der Waals surface area contributed by atoms with Crippen LogP contribution in [0.2, 0.25) is 0 Å². The Morgan fingerprint density at radius 3 is 2.54 bits per heavy atom. The van der Waals surface area contributed by atoms with E-state index in [-0.39, 0.29) is 17.8 Å². The van der Waals surface area contributed by atoms with Gasteiger partial charge in [-0.25, -0.2) is 17.2 Å². The van der Waals surface area contributed by atoms with Gasteiger partial charge in [-0.1, -0.05) is 0 Å². The number of halogens is 2. The summed E-state index contributed by atoms with van der Waals surface area (Å²) in [6.07, 6.45) is 3.55. The molecule has 24 heavy (non-hydrogen) atoms. The summed E-state index contributed by atoms with van der Waals surface area (Å²) in [5.74, 6) is -3.11. The number of anilines is 1. The highest BCUT2D eigenvalue weighted by molar-refractivity contribution is 7.88. The van der Waals surface area contributed by atoms with Crippen molar-refractivity contribution in [3.8, 4) is 0 Å². The van der Waals surface area contributed by atoms with Crippen molar-refractivity contribution in [3.63, 3.8) is 0 Å². The maximum atomic E-state index is 14.6.